The molecule has 8 nitrogen and oxygen atoms in total. The number of ketones is 1. The lowest BCUT2D eigenvalue weighted by Gasteiger charge is -2.16. The van der Waals surface area contributed by atoms with E-state index in [0.717, 1.165) is 6.42 Å². The number of rotatable bonds is 7. The second kappa shape index (κ2) is 9.16. The highest BCUT2D eigenvalue weighted by Gasteiger charge is 2.29. The van der Waals surface area contributed by atoms with Gasteiger partial charge in [0.15, 0.2) is 12.4 Å². The van der Waals surface area contributed by atoms with Crippen LogP contribution in [-0.4, -0.2) is 36.8 Å². The molecule has 27 heavy (non-hydrogen) atoms. The minimum absolute atomic E-state index is 0.0507. The summed E-state index contributed by atoms with van der Waals surface area (Å²) in [5, 5.41) is 2.37. The van der Waals surface area contributed by atoms with E-state index in [1.807, 2.05) is 12.2 Å². The maximum Gasteiger partial charge on any atom is 0.344 e. The molecular weight excluding hydrogens is 354 g/mol. The molecule has 1 aliphatic carbocycles. The molecule has 0 aliphatic heterocycles. The number of esters is 2. The van der Waals surface area contributed by atoms with Gasteiger partial charge < -0.3 is 13.9 Å². The van der Waals surface area contributed by atoms with Gasteiger partial charge in [-0.1, -0.05) is 12.2 Å². The van der Waals surface area contributed by atoms with E-state index in [9.17, 15) is 19.2 Å². The van der Waals surface area contributed by atoms with Crippen LogP contribution >= 0.6 is 0 Å². The highest BCUT2D eigenvalue weighted by Crippen LogP contribution is 2.28. The Hall–Kier alpha value is -2.90. The molecule has 0 saturated heterocycles. The smallest absolute Gasteiger partial charge is 0.344 e. The Morgan fingerprint density at radius 1 is 1.19 bits per heavy atom. The van der Waals surface area contributed by atoms with Crippen molar-refractivity contribution in [2.45, 2.75) is 40.0 Å². The quantitative estimate of drug-likeness (QED) is 0.442. The summed E-state index contributed by atoms with van der Waals surface area (Å²) in [6.45, 7) is 3.99. The van der Waals surface area contributed by atoms with Gasteiger partial charge >= 0.3 is 11.9 Å². The van der Waals surface area contributed by atoms with E-state index < -0.39 is 30.2 Å². The Bertz CT molecular complexity index is 775. The summed E-state index contributed by atoms with van der Waals surface area (Å²) in [5.41, 5.74) is -0.0892. The molecule has 1 atom stereocenters. The summed E-state index contributed by atoms with van der Waals surface area (Å²) >= 11 is 0. The van der Waals surface area contributed by atoms with Crippen molar-refractivity contribution in [1.82, 2.24) is 0 Å². The topological polar surface area (TPSA) is 112 Å². The van der Waals surface area contributed by atoms with Crippen LogP contribution < -0.4 is 5.32 Å². The van der Waals surface area contributed by atoms with Crippen LogP contribution in [-0.2, 0) is 19.1 Å². The first-order valence-electron chi connectivity index (χ1n) is 8.78. The number of hydrogen-bond acceptors (Lipinski definition) is 7. The molecular formula is C19H23NO7. The van der Waals surface area contributed by atoms with Gasteiger partial charge in [0.2, 0.25) is 5.88 Å². The molecule has 0 aromatic carbocycles. The van der Waals surface area contributed by atoms with Gasteiger partial charge in [0.25, 0.3) is 5.91 Å². The average Bonchev–Trinajstić information content (AvgIpc) is 2.96. The fraction of sp³-hybridized carbons (Fsp3) is 0.474. The number of aryl methyl sites for hydroxylation is 1. The van der Waals surface area contributed by atoms with Crippen LogP contribution in [0.4, 0.5) is 5.88 Å². The fourth-order valence-corrected chi connectivity index (χ4v) is 2.88. The third-order valence-electron chi connectivity index (χ3n) is 4.12. The van der Waals surface area contributed by atoms with E-state index in [0.29, 0.717) is 12.8 Å². The number of carbonyl (C=O) groups excluding carboxylic acids is 4. The number of hydrogen-bond donors (Lipinski definition) is 1. The normalized spacial score (nSPS) is 15.9. The molecule has 8 heteroatoms. The zero-order valence-corrected chi connectivity index (χ0v) is 15.6. The summed E-state index contributed by atoms with van der Waals surface area (Å²) in [6, 6.07) is 0. The average molecular weight is 377 g/mol. The summed E-state index contributed by atoms with van der Waals surface area (Å²) in [6.07, 6.45) is 5.99. The number of nitrogens with one attached hydrogen (secondary N) is 1. The fourth-order valence-electron chi connectivity index (χ4n) is 2.88. The molecule has 0 radical (unpaired) electrons. The maximum absolute atomic E-state index is 12.2. The van der Waals surface area contributed by atoms with Crippen molar-refractivity contribution in [2.24, 2.45) is 5.92 Å². The molecule has 1 aliphatic rings. The first-order valence-corrected chi connectivity index (χ1v) is 8.78. The van der Waals surface area contributed by atoms with Crippen LogP contribution in [0.2, 0.25) is 0 Å². The summed E-state index contributed by atoms with van der Waals surface area (Å²) in [4.78, 5) is 48.1. The molecule has 1 heterocycles. The predicted octanol–water partition coefficient (Wildman–Crippen LogP) is 2.81. The number of furan rings is 1. The van der Waals surface area contributed by atoms with Crippen LogP contribution in [0.15, 0.2) is 16.6 Å². The van der Waals surface area contributed by atoms with E-state index in [-0.39, 0.29) is 35.3 Å². The van der Waals surface area contributed by atoms with Crippen molar-refractivity contribution in [3.63, 3.8) is 0 Å². The lowest BCUT2D eigenvalue weighted by Crippen LogP contribution is -2.25. The number of ether oxygens (including phenoxy) is 2. The van der Waals surface area contributed by atoms with Gasteiger partial charge in [0, 0.05) is 0 Å². The Labute approximate surface area is 156 Å². The second-order valence-electron chi connectivity index (χ2n) is 6.15. The number of carbonyl (C=O) groups is 4. The molecule has 0 bridgehead atoms. The van der Waals surface area contributed by atoms with Gasteiger partial charge in [-0.05, 0) is 40.0 Å². The SMILES string of the molecule is CCOC(=O)c1c(NC(=O)COC(=O)[C@H]2CC=CCC2)oc(C)c1C(C)=O. The lowest BCUT2D eigenvalue weighted by molar-refractivity contribution is -0.151. The Morgan fingerprint density at radius 3 is 2.52 bits per heavy atom. The largest absolute Gasteiger partial charge is 0.462 e. The Kier molecular flexibility index (Phi) is 6.92. The second-order valence-corrected chi connectivity index (χ2v) is 6.15. The molecule has 0 fully saturated rings. The third-order valence-corrected chi connectivity index (χ3v) is 4.12. The van der Waals surface area contributed by atoms with Crippen LogP contribution in [0.1, 0.15) is 59.6 Å². The van der Waals surface area contributed by atoms with E-state index in [1.54, 1.807) is 6.92 Å². The minimum atomic E-state index is -0.777. The maximum atomic E-state index is 12.2. The number of Topliss-reactive ketones (excluding diaryl/α,β-unsaturated/α-hetero) is 1. The molecule has 1 aromatic heterocycles. The summed E-state index contributed by atoms with van der Waals surface area (Å²) in [7, 11) is 0. The van der Waals surface area contributed by atoms with E-state index in [1.165, 1.54) is 13.8 Å². The molecule has 1 amide bonds. The number of anilines is 1. The highest BCUT2D eigenvalue weighted by molar-refractivity contribution is 6.10. The molecule has 0 unspecified atom stereocenters. The standard InChI is InChI=1S/C19H23NO7/c1-4-25-19(24)16-15(11(2)21)12(3)27-17(16)20-14(22)10-26-18(23)13-8-6-5-7-9-13/h5-6,13H,4,7-10H2,1-3H3,(H,20,22)/t13-/m0/s1. The molecule has 2 rings (SSSR count). The highest BCUT2D eigenvalue weighted by atomic mass is 16.5. The predicted molar refractivity (Wildman–Crippen MR) is 95.5 cm³/mol. The zero-order chi connectivity index (χ0) is 20.0. The van der Waals surface area contributed by atoms with Crippen LogP contribution in [0.3, 0.4) is 0 Å². The Morgan fingerprint density at radius 2 is 1.93 bits per heavy atom. The van der Waals surface area contributed by atoms with Gasteiger partial charge in [-0.25, -0.2) is 4.79 Å². The van der Waals surface area contributed by atoms with Gasteiger partial charge in [0.1, 0.15) is 11.3 Å². The van der Waals surface area contributed by atoms with Crippen molar-refractivity contribution in [3.8, 4) is 0 Å². The molecule has 0 spiro atoms. The van der Waals surface area contributed by atoms with Gasteiger partial charge in [0.05, 0.1) is 18.1 Å². The van der Waals surface area contributed by atoms with Crippen molar-refractivity contribution in [3.05, 3.63) is 29.0 Å². The van der Waals surface area contributed by atoms with Gasteiger partial charge in [-0.3, -0.25) is 19.7 Å². The molecule has 146 valence electrons. The third kappa shape index (κ3) is 5.06. The van der Waals surface area contributed by atoms with Crippen molar-refractivity contribution < 1.29 is 33.1 Å². The Balaban J connectivity index is 2.07. The van der Waals surface area contributed by atoms with Gasteiger partial charge in [-0.15, -0.1) is 0 Å². The first-order chi connectivity index (χ1) is 12.8. The first kappa shape index (κ1) is 20.4. The number of allylic oxidation sites excluding steroid dienone is 2. The van der Waals surface area contributed by atoms with Crippen molar-refractivity contribution in [1.29, 1.82) is 0 Å². The summed E-state index contributed by atoms with van der Waals surface area (Å²) in [5.74, 6) is -2.56. The summed E-state index contributed by atoms with van der Waals surface area (Å²) < 4.78 is 15.3. The van der Waals surface area contributed by atoms with Gasteiger partial charge in [-0.2, -0.15) is 0 Å². The van der Waals surface area contributed by atoms with Crippen LogP contribution in [0.5, 0.6) is 0 Å². The zero-order valence-electron chi connectivity index (χ0n) is 15.6. The van der Waals surface area contributed by atoms with Crippen molar-refractivity contribution in [2.75, 3.05) is 18.5 Å². The van der Waals surface area contributed by atoms with Crippen LogP contribution in [0.25, 0.3) is 0 Å². The monoisotopic (exact) mass is 377 g/mol. The van der Waals surface area contributed by atoms with E-state index in [2.05, 4.69) is 5.32 Å². The number of amides is 1. The molecule has 0 saturated carbocycles. The van der Waals surface area contributed by atoms with E-state index >= 15 is 0 Å². The molecule has 1 aromatic rings. The minimum Gasteiger partial charge on any atom is -0.462 e. The lowest BCUT2D eigenvalue weighted by atomic mass is 9.95. The van der Waals surface area contributed by atoms with E-state index in [4.69, 9.17) is 13.9 Å². The molecule has 1 N–H and O–H groups in total. The van der Waals surface area contributed by atoms with Crippen molar-refractivity contribution >= 4 is 29.5 Å². The van der Waals surface area contributed by atoms with Crippen LogP contribution in [0, 0.1) is 12.8 Å².